The van der Waals surface area contributed by atoms with Gasteiger partial charge in [0.25, 0.3) is 0 Å². The average Bonchev–Trinajstić information content (AvgIpc) is 2.87. The van der Waals surface area contributed by atoms with Crippen molar-refractivity contribution in [3.8, 4) is 23.5 Å². The highest BCUT2D eigenvalue weighted by atomic mass is 16.7. The quantitative estimate of drug-likeness (QED) is 0.416. The van der Waals surface area contributed by atoms with Crippen LogP contribution < -0.4 is 9.47 Å². The summed E-state index contributed by atoms with van der Waals surface area (Å²) >= 11 is 0. The van der Waals surface area contributed by atoms with Crippen molar-refractivity contribution in [3.05, 3.63) is 89.1 Å². The Labute approximate surface area is 202 Å². The van der Waals surface area contributed by atoms with E-state index >= 15 is 0 Å². The smallest absolute Gasteiger partial charge is 0.218 e. The molecule has 5 nitrogen and oxygen atoms in total. The van der Waals surface area contributed by atoms with E-state index in [1.807, 2.05) is 55.5 Å². The SMILES string of the molecule is CCCc1ccc(C#Cc2cc(OCc3ccccc3)cc(OCC3OCCC(C)O3)n2)cc1. The maximum Gasteiger partial charge on any atom is 0.218 e. The number of aromatic nitrogens is 1. The zero-order chi connectivity index (χ0) is 23.6. The Balaban J connectivity index is 1.50. The van der Waals surface area contributed by atoms with E-state index in [4.69, 9.17) is 18.9 Å². The monoisotopic (exact) mass is 457 g/mol. The van der Waals surface area contributed by atoms with Gasteiger partial charge in [0, 0.05) is 17.7 Å². The molecule has 1 aliphatic rings. The van der Waals surface area contributed by atoms with Gasteiger partial charge in [-0.1, -0.05) is 61.7 Å². The van der Waals surface area contributed by atoms with Crippen LogP contribution in [0.2, 0.25) is 0 Å². The first-order valence-corrected chi connectivity index (χ1v) is 11.9. The van der Waals surface area contributed by atoms with E-state index in [0.29, 0.717) is 30.5 Å². The standard InChI is InChI=1S/C29H31NO4/c1-3-7-23-10-12-24(13-11-23)14-15-26-18-27(32-20-25-8-5-4-6-9-25)19-28(30-26)33-21-29-31-17-16-22(2)34-29/h4-6,8-13,18-19,22,29H,3,7,16-17,20-21H2,1-2H3. The van der Waals surface area contributed by atoms with Crippen molar-refractivity contribution in [2.75, 3.05) is 13.2 Å². The summed E-state index contributed by atoms with van der Waals surface area (Å²) in [4.78, 5) is 4.57. The van der Waals surface area contributed by atoms with Crippen LogP contribution >= 0.6 is 0 Å². The van der Waals surface area contributed by atoms with Crippen LogP contribution in [-0.4, -0.2) is 30.6 Å². The molecule has 1 aliphatic heterocycles. The molecule has 0 bridgehead atoms. The summed E-state index contributed by atoms with van der Waals surface area (Å²) in [6.45, 7) is 5.58. The minimum absolute atomic E-state index is 0.154. The Morgan fingerprint density at radius 3 is 2.56 bits per heavy atom. The van der Waals surface area contributed by atoms with Crippen molar-refractivity contribution in [2.24, 2.45) is 0 Å². The summed E-state index contributed by atoms with van der Waals surface area (Å²) in [6.07, 6.45) is 2.83. The molecule has 3 aromatic rings. The van der Waals surface area contributed by atoms with Crippen LogP contribution in [0.4, 0.5) is 0 Å². The third-order valence-electron chi connectivity index (χ3n) is 5.43. The molecule has 0 N–H and O–H groups in total. The van der Waals surface area contributed by atoms with E-state index in [1.54, 1.807) is 6.07 Å². The lowest BCUT2D eigenvalue weighted by atomic mass is 10.1. The van der Waals surface area contributed by atoms with Gasteiger partial charge in [-0.05, 0) is 48.9 Å². The first-order chi connectivity index (χ1) is 16.7. The Bertz CT molecular complexity index is 1100. The van der Waals surface area contributed by atoms with Gasteiger partial charge >= 0.3 is 0 Å². The molecule has 0 saturated carbocycles. The number of rotatable bonds is 8. The molecule has 2 unspecified atom stereocenters. The van der Waals surface area contributed by atoms with Crippen molar-refractivity contribution in [1.82, 2.24) is 4.98 Å². The Hall–Kier alpha value is -3.33. The zero-order valence-corrected chi connectivity index (χ0v) is 19.8. The summed E-state index contributed by atoms with van der Waals surface area (Å²) in [5.74, 6) is 7.43. The number of hydrogen-bond acceptors (Lipinski definition) is 5. The van der Waals surface area contributed by atoms with E-state index in [0.717, 1.165) is 30.4 Å². The number of benzene rings is 2. The zero-order valence-electron chi connectivity index (χ0n) is 19.8. The molecule has 2 heterocycles. The summed E-state index contributed by atoms with van der Waals surface area (Å²) < 4.78 is 23.3. The Morgan fingerprint density at radius 2 is 1.79 bits per heavy atom. The molecule has 1 fully saturated rings. The topological polar surface area (TPSA) is 49.8 Å². The van der Waals surface area contributed by atoms with E-state index in [-0.39, 0.29) is 12.7 Å². The van der Waals surface area contributed by atoms with Crippen LogP contribution in [0.1, 0.15) is 49.1 Å². The predicted octanol–water partition coefficient (Wildman–Crippen LogP) is 5.54. The van der Waals surface area contributed by atoms with Gasteiger partial charge in [0.15, 0.2) is 6.29 Å². The third kappa shape index (κ3) is 7.34. The summed E-state index contributed by atoms with van der Waals surface area (Å²) in [6, 6.07) is 22.0. The van der Waals surface area contributed by atoms with Gasteiger partial charge in [-0.2, -0.15) is 0 Å². The molecule has 0 amide bonds. The second-order valence-electron chi connectivity index (χ2n) is 8.34. The van der Waals surface area contributed by atoms with E-state index in [1.165, 1.54) is 5.56 Å². The molecule has 1 aromatic heterocycles. The van der Waals surface area contributed by atoms with Crippen molar-refractivity contribution in [2.45, 2.75) is 52.1 Å². The lowest BCUT2D eigenvalue weighted by molar-refractivity contribution is -0.218. The van der Waals surface area contributed by atoms with E-state index < -0.39 is 6.29 Å². The molecule has 0 spiro atoms. The van der Waals surface area contributed by atoms with Crippen LogP contribution in [0.15, 0.2) is 66.7 Å². The van der Waals surface area contributed by atoms with Crippen molar-refractivity contribution < 1.29 is 18.9 Å². The number of ether oxygens (including phenoxy) is 4. The minimum Gasteiger partial charge on any atom is -0.489 e. The first-order valence-electron chi connectivity index (χ1n) is 11.9. The molecular formula is C29H31NO4. The minimum atomic E-state index is -0.407. The normalized spacial score (nSPS) is 17.5. The van der Waals surface area contributed by atoms with Crippen LogP contribution in [-0.2, 0) is 22.5 Å². The largest absolute Gasteiger partial charge is 0.489 e. The molecular weight excluding hydrogens is 426 g/mol. The van der Waals surface area contributed by atoms with Crippen molar-refractivity contribution in [1.29, 1.82) is 0 Å². The molecule has 4 rings (SSSR count). The van der Waals surface area contributed by atoms with Gasteiger partial charge in [0.05, 0.1) is 12.7 Å². The number of nitrogens with zero attached hydrogens (tertiary/aromatic N) is 1. The first kappa shape index (κ1) is 23.8. The maximum absolute atomic E-state index is 6.03. The predicted molar refractivity (Wildman–Crippen MR) is 132 cm³/mol. The molecule has 1 saturated heterocycles. The van der Waals surface area contributed by atoms with Crippen LogP contribution in [0, 0.1) is 11.8 Å². The highest BCUT2D eigenvalue weighted by Gasteiger charge is 2.20. The fourth-order valence-electron chi connectivity index (χ4n) is 3.60. The van der Waals surface area contributed by atoms with Crippen LogP contribution in [0.5, 0.6) is 11.6 Å². The fraction of sp³-hybridized carbons (Fsp3) is 0.345. The van der Waals surface area contributed by atoms with Crippen LogP contribution in [0.25, 0.3) is 0 Å². The van der Waals surface area contributed by atoms with E-state index in [2.05, 4.69) is 35.9 Å². The number of pyridine rings is 1. The number of hydrogen-bond donors (Lipinski definition) is 0. The van der Waals surface area contributed by atoms with Crippen molar-refractivity contribution >= 4 is 0 Å². The lowest BCUT2D eigenvalue weighted by Crippen LogP contribution is -2.34. The highest BCUT2D eigenvalue weighted by Crippen LogP contribution is 2.22. The second kappa shape index (κ2) is 12.2. The van der Waals surface area contributed by atoms with Gasteiger partial charge in [-0.25, -0.2) is 4.98 Å². The van der Waals surface area contributed by atoms with Gasteiger partial charge in [-0.3, -0.25) is 0 Å². The Morgan fingerprint density at radius 1 is 0.971 bits per heavy atom. The second-order valence-corrected chi connectivity index (χ2v) is 8.34. The molecule has 2 aromatic carbocycles. The highest BCUT2D eigenvalue weighted by molar-refractivity contribution is 5.44. The van der Waals surface area contributed by atoms with Gasteiger partial charge < -0.3 is 18.9 Å². The fourth-order valence-corrected chi connectivity index (χ4v) is 3.60. The van der Waals surface area contributed by atoms with Gasteiger partial charge in [0.1, 0.15) is 24.7 Å². The average molecular weight is 458 g/mol. The van der Waals surface area contributed by atoms with Gasteiger partial charge in [-0.15, -0.1) is 0 Å². The number of aryl methyl sites for hydroxylation is 1. The molecule has 2 atom stereocenters. The third-order valence-corrected chi connectivity index (χ3v) is 5.43. The lowest BCUT2D eigenvalue weighted by Gasteiger charge is -2.27. The van der Waals surface area contributed by atoms with Gasteiger partial charge in [0.2, 0.25) is 5.88 Å². The summed E-state index contributed by atoms with van der Waals surface area (Å²) in [7, 11) is 0. The van der Waals surface area contributed by atoms with Crippen LogP contribution in [0.3, 0.4) is 0 Å². The summed E-state index contributed by atoms with van der Waals surface area (Å²) in [5, 5.41) is 0. The molecule has 176 valence electrons. The maximum atomic E-state index is 6.03. The van der Waals surface area contributed by atoms with Crippen molar-refractivity contribution in [3.63, 3.8) is 0 Å². The Kier molecular flexibility index (Phi) is 8.56. The molecule has 5 heteroatoms. The van der Waals surface area contributed by atoms with E-state index in [9.17, 15) is 0 Å². The summed E-state index contributed by atoms with van der Waals surface area (Å²) in [5.41, 5.74) is 3.92. The molecule has 0 radical (unpaired) electrons. The molecule has 0 aliphatic carbocycles. The molecule has 34 heavy (non-hydrogen) atoms.